The Hall–Kier alpha value is -3.11. The molecule has 0 bridgehead atoms. The van der Waals surface area contributed by atoms with E-state index in [2.05, 4.69) is 37.5 Å². The minimum Gasteiger partial charge on any atom is -0.351 e. The fraction of sp³-hybridized carbons (Fsp3) is 0.214. The second-order valence-corrected chi connectivity index (χ2v) is 12.6. The van der Waals surface area contributed by atoms with Gasteiger partial charge in [-0.05, 0) is 98.7 Å². The number of aryl methyl sites for hydroxylation is 2. The molecule has 2 aromatic carbocycles. The molecular weight excluding hydrogens is 573 g/mol. The third-order valence-electron chi connectivity index (χ3n) is 6.82. The highest BCUT2D eigenvalue weighted by Gasteiger charge is 2.42. The van der Waals surface area contributed by atoms with Crippen LogP contribution in [0, 0.1) is 20.8 Å². The number of halogens is 2. The molecular formula is C28H27Cl2N5O2S2. The van der Waals surface area contributed by atoms with Gasteiger partial charge in [0, 0.05) is 28.3 Å². The van der Waals surface area contributed by atoms with Crippen LogP contribution in [0.3, 0.4) is 0 Å². The normalized spacial score (nSPS) is 17.4. The zero-order valence-corrected chi connectivity index (χ0v) is 24.9. The molecule has 7 nitrogen and oxygen atoms in total. The van der Waals surface area contributed by atoms with Crippen LogP contribution >= 0.6 is 35.4 Å². The molecule has 3 heterocycles. The van der Waals surface area contributed by atoms with Crippen molar-refractivity contribution in [2.24, 2.45) is 0 Å². The second-order valence-electron chi connectivity index (χ2n) is 9.63. The molecule has 1 aliphatic heterocycles. The molecule has 1 fully saturated rings. The summed E-state index contributed by atoms with van der Waals surface area (Å²) >= 11 is 18.7. The maximum Gasteiger partial charge on any atom is 0.229 e. The average Bonchev–Trinajstić information content (AvgIpc) is 3.36. The summed E-state index contributed by atoms with van der Waals surface area (Å²) in [5, 5.41) is 5.16. The number of hydrogen-bond donors (Lipinski definition) is 2. The number of nitrogens with zero attached hydrogens (tertiary/aromatic N) is 3. The van der Waals surface area contributed by atoms with Crippen molar-refractivity contribution in [1.82, 2.24) is 14.9 Å². The lowest BCUT2D eigenvalue weighted by Crippen LogP contribution is -2.29. The number of anilines is 2. The van der Waals surface area contributed by atoms with Crippen LogP contribution in [0.4, 0.5) is 11.4 Å². The van der Waals surface area contributed by atoms with Gasteiger partial charge >= 0.3 is 0 Å². The van der Waals surface area contributed by atoms with Gasteiger partial charge in [-0.3, -0.25) is 9.71 Å². The van der Waals surface area contributed by atoms with Crippen molar-refractivity contribution in [3.63, 3.8) is 0 Å². The molecule has 11 heteroatoms. The van der Waals surface area contributed by atoms with Crippen LogP contribution in [0.1, 0.15) is 40.3 Å². The van der Waals surface area contributed by atoms with Gasteiger partial charge in [-0.2, -0.15) is 0 Å². The number of sulfonamides is 1. The molecule has 2 aromatic heterocycles. The van der Waals surface area contributed by atoms with Crippen LogP contribution in [-0.4, -0.2) is 29.3 Å². The minimum absolute atomic E-state index is 0.234. The molecule has 5 rings (SSSR count). The molecule has 202 valence electrons. The maximum absolute atomic E-state index is 11.8. The second kappa shape index (κ2) is 10.5. The highest BCUT2D eigenvalue weighted by molar-refractivity contribution is 7.92. The largest absolute Gasteiger partial charge is 0.351 e. The van der Waals surface area contributed by atoms with Gasteiger partial charge in [-0.25, -0.2) is 8.42 Å². The van der Waals surface area contributed by atoms with Crippen LogP contribution < -0.4 is 14.9 Å². The first-order chi connectivity index (χ1) is 18.4. The van der Waals surface area contributed by atoms with Crippen molar-refractivity contribution < 1.29 is 8.42 Å². The topological polar surface area (TPSA) is 79.3 Å². The van der Waals surface area contributed by atoms with E-state index in [9.17, 15) is 8.42 Å². The lowest BCUT2D eigenvalue weighted by atomic mass is 9.96. The number of pyridine rings is 1. The smallest absolute Gasteiger partial charge is 0.229 e. The zero-order chi connectivity index (χ0) is 28.1. The minimum atomic E-state index is -3.41. The molecule has 0 amide bonds. The number of rotatable bonds is 6. The Labute approximate surface area is 243 Å². The van der Waals surface area contributed by atoms with Crippen molar-refractivity contribution in [3.05, 3.63) is 105 Å². The van der Waals surface area contributed by atoms with Crippen LogP contribution in [0.15, 0.2) is 66.9 Å². The first-order valence-electron chi connectivity index (χ1n) is 12.2. The molecule has 0 saturated carbocycles. The number of thiocarbonyl (C=S) groups is 1. The van der Waals surface area contributed by atoms with Crippen molar-refractivity contribution >= 4 is 61.9 Å². The van der Waals surface area contributed by atoms with Gasteiger partial charge in [-0.15, -0.1) is 0 Å². The van der Waals surface area contributed by atoms with Crippen LogP contribution in [0.5, 0.6) is 0 Å². The first-order valence-corrected chi connectivity index (χ1v) is 15.2. The molecule has 2 N–H and O–H groups in total. The molecule has 2 atom stereocenters. The first kappa shape index (κ1) is 27.5. The van der Waals surface area contributed by atoms with E-state index in [1.807, 2.05) is 56.3 Å². The van der Waals surface area contributed by atoms with Gasteiger partial charge in [0.05, 0.1) is 40.4 Å². The van der Waals surface area contributed by atoms with Gasteiger partial charge < -0.3 is 14.8 Å². The highest BCUT2D eigenvalue weighted by Crippen LogP contribution is 2.44. The molecule has 0 radical (unpaired) electrons. The number of hydrogen-bond acceptors (Lipinski definition) is 4. The molecule has 0 unspecified atom stereocenters. The third-order valence-corrected chi connectivity index (χ3v) is 8.26. The lowest BCUT2D eigenvalue weighted by Gasteiger charge is -2.29. The predicted octanol–water partition coefficient (Wildman–Crippen LogP) is 6.65. The van der Waals surface area contributed by atoms with Crippen LogP contribution in [0.2, 0.25) is 10.0 Å². The Morgan fingerprint density at radius 2 is 1.79 bits per heavy atom. The van der Waals surface area contributed by atoms with Crippen molar-refractivity contribution in [2.75, 3.05) is 15.9 Å². The summed E-state index contributed by atoms with van der Waals surface area (Å²) in [5.41, 5.74) is 6.89. The van der Waals surface area contributed by atoms with Crippen molar-refractivity contribution in [3.8, 4) is 5.69 Å². The molecule has 39 heavy (non-hydrogen) atoms. The lowest BCUT2D eigenvalue weighted by molar-refractivity contribution is 0.565. The standard InChI is InChI=1S/C28H27Cl2N5O2S2/c1-16-13-20(9-10-23(16)33-39(4,36)37)35-27(26(32-28(35)38)24-7-5-6-12-31-24)21-14-17(2)34(18(21)3)25-11-8-19(29)15-22(25)30/h5-15,26-27,33H,1-4H3,(H,32,38)/t26-,27+/m1/s1. The Bertz CT molecular complexity index is 1690. The predicted molar refractivity (Wildman–Crippen MR) is 163 cm³/mol. The Balaban J connectivity index is 1.66. The van der Waals surface area contributed by atoms with Gasteiger partial charge in [-0.1, -0.05) is 29.3 Å². The molecule has 1 saturated heterocycles. The van der Waals surface area contributed by atoms with Crippen molar-refractivity contribution in [2.45, 2.75) is 32.9 Å². The van der Waals surface area contributed by atoms with E-state index in [1.54, 1.807) is 18.3 Å². The summed E-state index contributed by atoms with van der Waals surface area (Å²) in [7, 11) is -3.41. The van der Waals surface area contributed by atoms with Gasteiger partial charge in [0.1, 0.15) is 0 Å². The zero-order valence-electron chi connectivity index (χ0n) is 21.7. The monoisotopic (exact) mass is 599 g/mol. The SMILES string of the molecule is Cc1cc(N2C(=S)N[C@H](c3ccccn3)[C@@H]2c2cc(C)n(-c3ccc(Cl)cc3Cl)c2C)ccc1NS(C)(=O)=O. The average molecular weight is 601 g/mol. The fourth-order valence-electron chi connectivity index (χ4n) is 5.18. The van der Waals surface area contributed by atoms with E-state index in [1.165, 1.54) is 0 Å². The Morgan fingerprint density at radius 3 is 2.44 bits per heavy atom. The number of benzene rings is 2. The summed E-state index contributed by atoms with van der Waals surface area (Å²) in [6.07, 6.45) is 2.91. The molecule has 0 aliphatic carbocycles. The molecule has 0 spiro atoms. The quantitative estimate of drug-likeness (QED) is 0.241. The number of aromatic nitrogens is 2. The van der Waals surface area contributed by atoms with E-state index < -0.39 is 10.0 Å². The van der Waals surface area contributed by atoms with Gasteiger partial charge in [0.15, 0.2) is 5.11 Å². The fourth-order valence-corrected chi connectivity index (χ4v) is 6.65. The van der Waals surface area contributed by atoms with E-state index in [0.29, 0.717) is 20.8 Å². The van der Waals surface area contributed by atoms with Gasteiger partial charge in [0.2, 0.25) is 10.0 Å². The highest BCUT2D eigenvalue weighted by atomic mass is 35.5. The van der Waals surface area contributed by atoms with Crippen molar-refractivity contribution in [1.29, 1.82) is 0 Å². The van der Waals surface area contributed by atoms with Gasteiger partial charge in [0.25, 0.3) is 0 Å². The maximum atomic E-state index is 11.8. The van der Waals surface area contributed by atoms with E-state index in [0.717, 1.165) is 45.8 Å². The number of nitrogens with one attached hydrogen (secondary N) is 2. The van der Waals surface area contributed by atoms with E-state index in [4.69, 9.17) is 35.4 Å². The van der Waals surface area contributed by atoms with Crippen LogP contribution in [0.25, 0.3) is 5.69 Å². The Kier molecular flexibility index (Phi) is 7.37. The summed E-state index contributed by atoms with van der Waals surface area (Å²) in [5.74, 6) is 0. The summed E-state index contributed by atoms with van der Waals surface area (Å²) in [4.78, 5) is 6.71. The third kappa shape index (κ3) is 5.36. The van der Waals surface area contributed by atoms with E-state index >= 15 is 0 Å². The van der Waals surface area contributed by atoms with E-state index in [-0.39, 0.29) is 12.1 Å². The Morgan fingerprint density at radius 1 is 1.03 bits per heavy atom. The summed E-state index contributed by atoms with van der Waals surface area (Å²) in [6.45, 7) is 5.97. The molecule has 1 aliphatic rings. The summed E-state index contributed by atoms with van der Waals surface area (Å²) < 4.78 is 28.4. The van der Waals surface area contributed by atoms with Crippen LogP contribution in [-0.2, 0) is 10.0 Å². The molecule has 4 aromatic rings. The summed E-state index contributed by atoms with van der Waals surface area (Å²) in [6, 6.07) is 18.5.